The predicted octanol–water partition coefficient (Wildman–Crippen LogP) is 10.5. The summed E-state index contributed by atoms with van der Waals surface area (Å²) in [4.78, 5) is 29.7. The first-order valence-corrected chi connectivity index (χ1v) is 16.4. The average Bonchev–Trinajstić information content (AvgIpc) is 2.98. The highest BCUT2D eigenvalue weighted by Gasteiger charge is 2.19. The van der Waals surface area contributed by atoms with E-state index in [1.54, 1.807) is 45.0 Å². The van der Waals surface area contributed by atoms with E-state index in [0.29, 0.717) is 24.5 Å². The van der Waals surface area contributed by atoms with E-state index in [9.17, 15) is 14.0 Å². The van der Waals surface area contributed by atoms with E-state index < -0.39 is 11.7 Å². The van der Waals surface area contributed by atoms with E-state index in [1.165, 1.54) is 44.2 Å². The first-order valence-electron chi connectivity index (χ1n) is 16.4. The number of rotatable bonds is 20. The minimum Gasteiger partial charge on any atom is -0.444 e. The van der Waals surface area contributed by atoms with Crippen molar-refractivity contribution < 1.29 is 18.7 Å². The molecule has 7 nitrogen and oxygen atoms in total. The highest BCUT2D eigenvalue weighted by molar-refractivity contribution is 5.97. The molecule has 0 saturated heterocycles. The van der Waals surface area contributed by atoms with Gasteiger partial charge in [-0.05, 0) is 121 Å². The van der Waals surface area contributed by atoms with Gasteiger partial charge in [0.1, 0.15) is 17.2 Å². The van der Waals surface area contributed by atoms with Crippen molar-refractivity contribution in [2.24, 2.45) is 0 Å². The Bertz CT molecular complexity index is 1230. The maximum Gasteiger partial charge on any atom is 0.413 e. The maximum atomic E-state index is 13.2. The molecule has 3 N–H and O–H groups in total. The lowest BCUT2D eigenvalue weighted by molar-refractivity contribution is -0.116. The molecule has 45 heavy (non-hydrogen) atoms. The molecule has 2 rings (SSSR count). The van der Waals surface area contributed by atoms with E-state index >= 15 is 0 Å². The molecular formula is C37H53FN4O3. The number of anilines is 3. The van der Waals surface area contributed by atoms with Crippen LogP contribution in [0.2, 0.25) is 0 Å². The van der Waals surface area contributed by atoms with Gasteiger partial charge in [0, 0.05) is 13.0 Å². The number of amides is 2. The van der Waals surface area contributed by atoms with Crippen LogP contribution in [0.1, 0.15) is 110 Å². The number of hydrogen-bond donors (Lipinski definition) is 3. The van der Waals surface area contributed by atoms with Crippen LogP contribution in [0.15, 0.2) is 72.9 Å². The van der Waals surface area contributed by atoms with Crippen LogP contribution in [0.5, 0.6) is 0 Å². The molecule has 1 aromatic heterocycles. The summed E-state index contributed by atoms with van der Waals surface area (Å²) in [5, 5.41) is 8.67. The van der Waals surface area contributed by atoms with Gasteiger partial charge in [0.15, 0.2) is 5.82 Å². The number of halogens is 1. The third-order valence-corrected chi connectivity index (χ3v) is 6.67. The number of allylic oxidation sites excluding steroid dienone is 6. The Labute approximate surface area is 269 Å². The monoisotopic (exact) mass is 620 g/mol. The van der Waals surface area contributed by atoms with Crippen molar-refractivity contribution in [1.29, 1.82) is 0 Å². The predicted molar refractivity (Wildman–Crippen MR) is 185 cm³/mol. The molecule has 246 valence electrons. The molecule has 0 aliphatic rings. The van der Waals surface area contributed by atoms with Crippen LogP contribution in [0.4, 0.5) is 26.5 Å². The van der Waals surface area contributed by atoms with Gasteiger partial charge < -0.3 is 15.4 Å². The lowest BCUT2D eigenvalue weighted by atomic mass is 10.1. The van der Waals surface area contributed by atoms with Gasteiger partial charge in [0.05, 0.1) is 5.69 Å². The van der Waals surface area contributed by atoms with Gasteiger partial charge in [0.25, 0.3) is 0 Å². The summed E-state index contributed by atoms with van der Waals surface area (Å²) in [5.41, 5.74) is 0.560. The van der Waals surface area contributed by atoms with Gasteiger partial charge in [0.2, 0.25) is 5.91 Å². The fourth-order valence-corrected chi connectivity index (χ4v) is 4.35. The Kier molecular flexibility index (Phi) is 18.0. The highest BCUT2D eigenvalue weighted by atomic mass is 19.1. The standard InChI is InChI=1S/C37H53FN4O3/c1-5-6-7-8-9-10-11-12-13-14-15-16-17-18-19-20-21-22-34(43)40-32-27-28-33(39-29-30-23-25-31(38)26-24-30)41-35(32)42-36(44)45-37(2,3)4/h6-7,12-13,18-19,23-28H,5,8-11,14-17,20-22,29H2,1-4H3,(H,40,43)(H2,39,41,42,44)/b7-6-,13-12-,19-18-. The van der Waals surface area contributed by atoms with Crippen LogP contribution in [-0.4, -0.2) is 22.6 Å². The van der Waals surface area contributed by atoms with Gasteiger partial charge in [-0.3, -0.25) is 10.1 Å². The summed E-state index contributed by atoms with van der Waals surface area (Å²) < 4.78 is 18.6. The highest BCUT2D eigenvalue weighted by Crippen LogP contribution is 2.24. The summed E-state index contributed by atoms with van der Waals surface area (Å²) >= 11 is 0. The molecule has 0 spiro atoms. The topological polar surface area (TPSA) is 92.4 Å². The molecule has 0 radical (unpaired) electrons. The molecule has 0 atom stereocenters. The summed E-state index contributed by atoms with van der Waals surface area (Å²) in [6.45, 7) is 7.89. The van der Waals surface area contributed by atoms with Crippen molar-refractivity contribution in [2.75, 3.05) is 16.0 Å². The molecule has 0 fully saturated rings. The Morgan fingerprint density at radius 1 is 0.778 bits per heavy atom. The van der Waals surface area contributed by atoms with Crippen LogP contribution in [0, 0.1) is 5.82 Å². The zero-order valence-electron chi connectivity index (χ0n) is 27.7. The second kappa shape index (κ2) is 21.7. The SMILES string of the molecule is CC/C=C\CCCC/C=C\CCCC/C=C\CCCC(=O)Nc1ccc(NCc2ccc(F)cc2)nc1NC(=O)OC(C)(C)C. The minimum atomic E-state index is -0.693. The summed E-state index contributed by atoms with van der Waals surface area (Å²) in [5.74, 6) is 0.198. The molecule has 0 aliphatic heterocycles. The number of hydrogen-bond acceptors (Lipinski definition) is 5. The fourth-order valence-electron chi connectivity index (χ4n) is 4.35. The van der Waals surface area contributed by atoms with Crippen molar-refractivity contribution in [3.8, 4) is 0 Å². The first-order chi connectivity index (χ1) is 21.7. The van der Waals surface area contributed by atoms with Crippen molar-refractivity contribution in [3.05, 3.63) is 84.2 Å². The third kappa shape index (κ3) is 18.5. The number of nitrogens with zero attached hydrogens (tertiary/aromatic N) is 1. The quantitative estimate of drug-likeness (QED) is 0.101. The van der Waals surface area contributed by atoms with E-state index in [-0.39, 0.29) is 17.5 Å². The zero-order valence-corrected chi connectivity index (χ0v) is 27.7. The smallest absolute Gasteiger partial charge is 0.413 e. The van der Waals surface area contributed by atoms with Crippen LogP contribution in [0.3, 0.4) is 0 Å². The minimum absolute atomic E-state index is 0.159. The number of carbonyl (C=O) groups is 2. The van der Waals surface area contributed by atoms with Crippen molar-refractivity contribution in [1.82, 2.24) is 4.98 Å². The Hall–Kier alpha value is -3.94. The van der Waals surface area contributed by atoms with E-state index in [2.05, 4.69) is 64.3 Å². The first kappa shape index (κ1) is 37.2. The zero-order chi connectivity index (χ0) is 32.8. The molecule has 2 amide bonds. The van der Waals surface area contributed by atoms with E-state index in [1.807, 2.05) is 0 Å². The lowest BCUT2D eigenvalue weighted by Crippen LogP contribution is -2.28. The Balaban J connectivity index is 1.73. The number of carbonyl (C=O) groups excluding carboxylic acids is 2. The van der Waals surface area contributed by atoms with Crippen molar-refractivity contribution >= 4 is 29.3 Å². The lowest BCUT2D eigenvalue weighted by Gasteiger charge is -2.20. The molecule has 2 aromatic rings. The molecule has 8 heteroatoms. The van der Waals surface area contributed by atoms with Crippen LogP contribution in [0.25, 0.3) is 0 Å². The third-order valence-electron chi connectivity index (χ3n) is 6.67. The van der Waals surface area contributed by atoms with Gasteiger partial charge in [-0.15, -0.1) is 0 Å². The van der Waals surface area contributed by atoms with Gasteiger partial charge in [-0.1, -0.05) is 55.5 Å². The maximum absolute atomic E-state index is 13.2. The fraction of sp³-hybridized carbons (Fsp3) is 0.486. The Morgan fingerprint density at radius 2 is 1.33 bits per heavy atom. The molecule has 0 aliphatic carbocycles. The molecule has 1 aromatic carbocycles. The number of benzene rings is 1. The summed E-state index contributed by atoms with van der Waals surface area (Å²) in [6.07, 6.45) is 25.3. The number of ether oxygens (including phenoxy) is 1. The number of aromatic nitrogens is 1. The van der Waals surface area contributed by atoms with E-state index in [0.717, 1.165) is 44.1 Å². The molecule has 0 unspecified atom stereocenters. The summed E-state index contributed by atoms with van der Waals surface area (Å²) in [6, 6.07) is 9.55. The second-order valence-corrected chi connectivity index (χ2v) is 12.0. The van der Waals surface area contributed by atoms with E-state index in [4.69, 9.17) is 4.74 Å². The van der Waals surface area contributed by atoms with Crippen molar-refractivity contribution in [3.63, 3.8) is 0 Å². The normalized spacial score (nSPS) is 11.8. The van der Waals surface area contributed by atoms with Crippen LogP contribution < -0.4 is 16.0 Å². The molecular weight excluding hydrogens is 567 g/mol. The van der Waals surface area contributed by atoms with Gasteiger partial charge >= 0.3 is 6.09 Å². The molecule has 1 heterocycles. The van der Waals surface area contributed by atoms with Crippen molar-refractivity contribution in [2.45, 2.75) is 117 Å². The second-order valence-electron chi connectivity index (χ2n) is 12.0. The average molecular weight is 621 g/mol. The van der Waals surface area contributed by atoms with Crippen LogP contribution in [-0.2, 0) is 16.1 Å². The van der Waals surface area contributed by atoms with Crippen LogP contribution >= 0.6 is 0 Å². The van der Waals surface area contributed by atoms with Gasteiger partial charge in [-0.2, -0.15) is 0 Å². The molecule has 0 bridgehead atoms. The molecule has 0 saturated carbocycles. The number of unbranched alkanes of at least 4 members (excludes halogenated alkanes) is 7. The summed E-state index contributed by atoms with van der Waals surface area (Å²) in [7, 11) is 0. The number of nitrogens with one attached hydrogen (secondary N) is 3. The Morgan fingerprint density at radius 3 is 1.89 bits per heavy atom. The van der Waals surface area contributed by atoms with Gasteiger partial charge in [-0.25, -0.2) is 14.2 Å². The number of pyridine rings is 1. The largest absolute Gasteiger partial charge is 0.444 e.